The van der Waals surface area contributed by atoms with Gasteiger partial charge in [-0.2, -0.15) is 13.2 Å². The van der Waals surface area contributed by atoms with Gasteiger partial charge in [-0.3, -0.25) is 10.1 Å². The molecular formula is C14H9Cl2F4N2O9S-. The molecule has 32 heavy (non-hydrogen) atoms. The first-order valence-electron chi connectivity index (χ1n) is 7.27. The Hall–Kier alpha value is -2.76. The second-order valence-electron chi connectivity index (χ2n) is 5.20. The molecule has 178 valence electrons. The summed E-state index contributed by atoms with van der Waals surface area (Å²) in [6, 6.07) is 5.27. The number of halogens is 6. The van der Waals surface area contributed by atoms with Crippen LogP contribution < -0.4 is 21.8 Å². The number of nitro groups is 1. The van der Waals surface area contributed by atoms with Crippen molar-refractivity contribution in [3.8, 4) is 11.5 Å². The Bertz CT molecular complexity index is 1100. The average molecular weight is 528 g/mol. The predicted octanol–water partition coefficient (Wildman–Crippen LogP) is -0.182. The summed E-state index contributed by atoms with van der Waals surface area (Å²) < 4.78 is 76.6. The van der Waals surface area contributed by atoms with Crippen molar-refractivity contribution < 1.29 is 67.3 Å². The van der Waals surface area contributed by atoms with Crippen molar-refractivity contribution in [2.45, 2.75) is 6.18 Å². The summed E-state index contributed by atoms with van der Waals surface area (Å²) in [7, 11) is -5.05. The van der Waals surface area contributed by atoms with Crippen molar-refractivity contribution >= 4 is 33.6 Å². The molecule has 0 fully saturated rings. The summed E-state index contributed by atoms with van der Waals surface area (Å²) in [6.07, 6.45) is -4.58. The van der Waals surface area contributed by atoms with Gasteiger partial charge in [0.2, 0.25) is 0 Å². The number of nitrogens with zero attached hydrogens (tertiary/aromatic N) is 1. The summed E-state index contributed by atoms with van der Waals surface area (Å²) >= 11 is 5.72. The van der Waals surface area contributed by atoms with E-state index in [0.29, 0.717) is 6.07 Å². The molecule has 0 spiro atoms. The van der Waals surface area contributed by atoms with Crippen LogP contribution in [0.2, 0.25) is 5.02 Å². The fraction of sp³-hybridized carbons (Fsp3) is 0.0714. The molecule has 0 amide bonds. The maximum Gasteiger partial charge on any atom is 0.468 e. The number of hydrogen-bond acceptors (Lipinski definition) is 7. The maximum atomic E-state index is 12.6. The van der Waals surface area contributed by atoms with Crippen LogP contribution in [0, 0.1) is 15.3 Å². The summed E-state index contributed by atoms with van der Waals surface area (Å²) in [4.78, 5) is 20.9. The Morgan fingerprint density at radius 1 is 1.19 bits per heavy atom. The molecule has 2 rings (SSSR count). The zero-order valence-electron chi connectivity index (χ0n) is 14.8. The molecule has 0 radical (unpaired) electrons. The number of hydrogen-bond donors (Lipinski definition) is 3. The maximum absolute atomic E-state index is 12.6. The molecule has 1 atom stereocenters. The number of rotatable bonds is 5. The molecule has 2 aromatic rings. The highest BCUT2D eigenvalue weighted by atomic mass is 35.5. The van der Waals surface area contributed by atoms with Gasteiger partial charge in [0, 0.05) is 16.6 Å². The van der Waals surface area contributed by atoms with Crippen LogP contribution >= 0.6 is 11.6 Å². The SMILES string of the molecule is O=C(O)c1cc(Oc2ccc(C(F)(F)F)cc2Cl)ccc1[N+](=O)[O-].O=S(=O)(O)[NH+]([O-])F.[Cl-]. The van der Waals surface area contributed by atoms with Crippen LogP contribution in [0.4, 0.5) is 23.3 Å². The molecule has 1 unspecified atom stereocenters. The molecule has 0 aliphatic rings. The van der Waals surface area contributed by atoms with Crippen molar-refractivity contribution in [2.24, 2.45) is 0 Å². The first-order chi connectivity index (χ1) is 14.0. The van der Waals surface area contributed by atoms with E-state index in [2.05, 4.69) is 0 Å². The topological polar surface area (TPSA) is 172 Å². The second-order valence-corrected chi connectivity index (χ2v) is 6.88. The predicted molar refractivity (Wildman–Crippen MR) is 93.6 cm³/mol. The molecule has 3 N–H and O–H groups in total. The molecule has 0 saturated heterocycles. The van der Waals surface area contributed by atoms with Gasteiger partial charge in [-0.15, -0.1) is 8.42 Å². The molecule has 11 nitrogen and oxygen atoms in total. The van der Waals surface area contributed by atoms with Crippen LogP contribution in [0.25, 0.3) is 0 Å². The van der Waals surface area contributed by atoms with Crippen molar-refractivity contribution in [1.29, 1.82) is 0 Å². The molecular weight excluding hydrogens is 519 g/mol. The van der Waals surface area contributed by atoms with E-state index < -0.39 is 48.9 Å². The minimum absolute atomic E-state index is 0. The Morgan fingerprint density at radius 2 is 1.72 bits per heavy atom. The van der Waals surface area contributed by atoms with E-state index in [0.717, 1.165) is 30.3 Å². The van der Waals surface area contributed by atoms with Crippen LogP contribution in [0.15, 0.2) is 36.4 Å². The van der Waals surface area contributed by atoms with Gasteiger partial charge >= 0.3 is 22.4 Å². The number of ether oxygens (including phenoxy) is 1. The first-order valence-corrected chi connectivity index (χ1v) is 9.09. The Labute approximate surface area is 186 Å². The molecule has 0 aliphatic heterocycles. The Kier molecular flexibility index (Phi) is 10.2. The lowest BCUT2D eigenvalue weighted by Gasteiger charge is -2.11. The highest BCUT2D eigenvalue weighted by Crippen LogP contribution is 2.37. The number of nitro benzene ring substituents is 1. The van der Waals surface area contributed by atoms with E-state index >= 15 is 0 Å². The number of carboxylic acid groups (broad SMARTS) is 1. The summed E-state index contributed by atoms with van der Waals surface area (Å²) in [5, 5.41) is 28.3. The van der Waals surface area contributed by atoms with Crippen molar-refractivity contribution in [1.82, 2.24) is 0 Å². The van der Waals surface area contributed by atoms with E-state index in [-0.39, 0.29) is 28.9 Å². The third kappa shape index (κ3) is 8.40. The number of carbonyl (C=O) groups is 1. The zero-order chi connectivity index (χ0) is 24.1. The third-order valence-corrected chi connectivity index (χ3v) is 3.79. The summed E-state index contributed by atoms with van der Waals surface area (Å²) in [5.74, 6) is -1.83. The number of alkyl halides is 3. The van der Waals surface area contributed by atoms with Crippen LogP contribution in [-0.2, 0) is 16.5 Å². The molecule has 0 aromatic heterocycles. The number of quaternary nitrogens is 1. The lowest BCUT2D eigenvalue weighted by Crippen LogP contribution is -3.01. The minimum Gasteiger partial charge on any atom is -1.00 e. The van der Waals surface area contributed by atoms with E-state index in [1.54, 1.807) is 0 Å². The Morgan fingerprint density at radius 3 is 2.09 bits per heavy atom. The number of aromatic carboxylic acids is 1. The second kappa shape index (κ2) is 11.2. The van der Waals surface area contributed by atoms with E-state index in [1.807, 2.05) is 0 Å². The normalized spacial score (nSPS) is 12.0. The van der Waals surface area contributed by atoms with Crippen molar-refractivity contribution in [3.05, 3.63) is 67.9 Å². The lowest BCUT2D eigenvalue weighted by atomic mass is 10.1. The highest BCUT2D eigenvalue weighted by Gasteiger charge is 2.31. The van der Waals surface area contributed by atoms with Crippen molar-refractivity contribution in [3.63, 3.8) is 0 Å². The highest BCUT2D eigenvalue weighted by molar-refractivity contribution is 7.79. The van der Waals surface area contributed by atoms with Gasteiger partial charge in [0.15, 0.2) is 0 Å². The lowest BCUT2D eigenvalue weighted by molar-refractivity contribution is -0.880. The van der Waals surface area contributed by atoms with Crippen LogP contribution in [0.5, 0.6) is 11.5 Å². The molecule has 18 heteroatoms. The molecule has 0 saturated carbocycles. The van der Waals surface area contributed by atoms with Gasteiger partial charge in [0.1, 0.15) is 17.1 Å². The van der Waals surface area contributed by atoms with Gasteiger partial charge < -0.3 is 27.5 Å². The van der Waals surface area contributed by atoms with E-state index in [9.17, 15) is 32.6 Å². The van der Waals surface area contributed by atoms with Crippen LogP contribution in [0.1, 0.15) is 15.9 Å². The fourth-order valence-electron chi connectivity index (χ4n) is 1.80. The Balaban J connectivity index is 0.00000104. The zero-order valence-corrected chi connectivity index (χ0v) is 17.2. The third-order valence-electron chi connectivity index (χ3n) is 3.08. The molecule has 2 aromatic carbocycles. The van der Waals surface area contributed by atoms with Crippen LogP contribution in [-0.4, -0.2) is 29.0 Å². The van der Waals surface area contributed by atoms with Gasteiger partial charge in [-0.25, -0.2) is 9.35 Å². The number of carboxylic acids is 1. The number of benzene rings is 2. The fourth-order valence-corrected chi connectivity index (χ4v) is 2.02. The smallest absolute Gasteiger partial charge is 0.468 e. The monoisotopic (exact) mass is 527 g/mol. The van der Waals surface area contributed by atoms with E-state index in [1.165, 1.54) is 0 Å². The van der Waals surface area contributed by atoms with E-state index in [4.69, 9.17) is 39.6 Å². The molecule has 0 heterocycles. The van der Waals surface area contributed by atoms with Gasteiger partial charge in [-0.05, 0) is 29.0 Å². The standard InChI is InChI=1S/C14H7ClF3NO5.ClH.FH2NO4S/c15-10-5-7(14(16,17)18)1-4-12(10)24-8-2-3-11(19(22)23)9(6-8)13(20)21;;1-2(3)7(4,5)6/h1-6H,(H,20,21);1H;2H,(H,4,5,6)/p-1. The quantitative estimate of drug-likeness (QED) is 0.157. The number of nitrogens with one attached hydrogen (secondary N) is 1. The van der Waals surface area contributed by atoms with Crippen molar-refractivity contribution in [2.75, 3.05) is 0 Å². The first kappa shape index (κ1) is 29.2. The summed E-state index contributed by atoms with van der Waals surface area (Å²) in [6.45, 7) is 0. The van der Waals surface area contributed by atoms with Gasteiger partial charge in [0.05, 0.1) is 15.5 Å². The summed E-state index contributed by atoms with van der Waals surface area (Å²) in [5.41, 5.74) is -2.25. The molecule has 0 bridgehead atoms. The van der Waals surface area contributed by atoms with Gasteiger partial charge in [0.25, 0.3) is 5.69 Å². The minimum atomic E-state index is -5.05. The largest absolute Gasteiger partial charge is 1.00 e. The van der Waals surface area contributed by atoms with Gasteiger partial charge in [-0.1, -0.05) is 11.6 Å². The van der Waals surface area contributed by atoms with Crippen LogP contribution in [0.3, 0.4) is 0 Å². The molecule has 0 aliphatic carbocycles. The average Bonchev–Trinajstić information content (AvgIpc) is 2.62.